The maximum Gasteiger partial charge on any atom is 0.0355 e. The van der Waals surface area contributed by atoms with Crippen molar-refractivity contribution in [2.45, 2.75) is 19.3 Å². The molecule has 2 N–H and O–H groups in total. The van der Waals surface area contributed by atoms with Crippen LogP contribution in [0.1, 0.15) is 24.0 Å². The van der Waals surface area contributed by atoms with E-state index < -0.39 is 0 Å². The summed E-state index contributed by atoms with van der Waals surface area (Å²) in [6, 6.07) is 6.17. The van der Waals surface area contributed by atoms with Crippen LogP contribution in [-0.4, -0.2) is 0 Å². The Balaban J connectivity index is 2.39. The molecule has 0 bridgehead atoms. The van der Waals surface area contributed by atoms with Crippen LogP contribution < -0.4 is 5.73 Å². The summed E-state index contributed by atoms with van der Waals surface area (Å²) < 4.78 is 0. The maximum atomic E-state index is 5.86. The van der Waals surface area contributed by atoms with Crippen molar-refractivity contribution in [3.05, 3.63) is 41.5 Å². The summed E-state index contributed by atoms with van der Waals surface area (Å²) in [5.41, 5.74) is 9.56. The molecule has 0 aromatic heterocycles. The van der Waals surface area contributed by atoms with E-state index in [4.69, 9.17) is 5.73 Å². The first kappa shape index (κ1) is 7.41. The Morgan fingerprint density at radius 3 is 3.00 bits per heavy atom. The van der Waals surface area contributed by atoms with E-state index in [1.807, 2.05) is 12.1 Å². The predicted octanol–water partition coefficient (Wildman–Crippen LogP) is 2.48. The van der Waals surface area contributed by atoms with Gasteiger partial charge in [0.15, 0.2) is 0 Å². The lowest BCUT2D eigenvalue weighted by atomic mass is 9.76. The fraction of sp³-hybridized carbons (Fsp3) is 0.273. The first-order valence-electron chi connectivity index (χ1n) is 4.33. The molecule has 12 heavy (non-hydrogen) atoms. The van der Waals surface area contributed by atoms with E-state index in [9.17, 15) is 0 Å². The summed E-state index contributed by atoms with van der Waals surface area (Å²) in [5.74, 6) is 0.575. The van der Waals surface area contributed by atoms with Gasteiger partial charge in [0.25, 0.3) is 0 Å². The minimum atomic E-state index is 0.575. The first-order valence-corrected chi connectivity index (χ1v) is 4.33. The minimum Gasteiger partial charge on any atom is -0.398 e. The third-order valence-electron chi connectivity index (χ3n) is 2.47. The van der Waals surface area contributed by atoms with Gasteiger partial charge in [-0.15, -0.1) is 0 Å². The van der Waals surface area contributed by atoms with Crippen LogP contribution in [0.2, 0.25) is 0 Å². The van der Waals surface area contributed by atoms with Crippen molar-refractivity contribution in [2.24, 2.45) is 0 Å². The van der Waals surface area contributed by atoms with Gasteiger partial charge in [-0.2, -0.15) is 0 Å². The highest BCUT2D eigenvalue weighted by Crippen LogP contribution is 2.39. The molecule has 0 radical (unpaired) electrons. The molecular weight excluding hydrogens is 146 g/mol. The zero-order chi connectivity index (χ0) is 8.55. The number of fused-ring (bicyclic) bond motifs is 1. The fourth-order valence-electron chi connectivity index (χ4n) is 1.87. The van der Waals surface area contributed by atoms with E-state index in [-0.39, 0.29) is 0 Å². The molecule has 1 heteroatoms. The van der Waals surface area contributed by atoms with Crippen molar-refractivity contribution >= 4 is 5.69 Å². The summed E-state index contributed by atoms with van der Waals surface area (Å²) in [6.45, 7) is 2.05. The van der Waals surface area contributed by atoms with E-state index in [1.165, 1.54) is 11.1 Å². The molecule has 0 aliphatic heterocycles. The molecule has 0 spiro atoms. The van der Waals surface area contributed by atoms with Gasteiger partial charge in [0, 0.05) is 11.6 Å². The Kier molecular flexibility index (Phi) is 1.65. The Hall–Kier alpha value is -1.24. The molecule has 1 nitrogen and oxygen atoms in total. The van der Waals surface area contributed by atoms with Crippen LogP contribution in [-0.2, 0) is 6.42 Å². The molecule has 1 unspecified atom stereocenters. The molecule has 1 aromatic carbocycles. The van der Waals surface area contributed by atoms with Gasteiger partial charge in [-0.25, -0.2) is 0 Å². The van der Waals surface area contributed by atoms with E-state index >= 15 is 0 Å². The third-order valence-corrected chi connectivity index (χ3v) is 2.47. The third kappa shape index (κ3) is 0.934. The minimum absolute atomic E-state index is 0.575. The summed E-state index contributed by atoms with van der Waals surface area (Å²) in [7, 11) is 0. The van der Waals surface area contributed by atoms with E-state index in [0.29, 0.717) is 5.92 Å². The monoisotopic (exact) mass is 159 g/mol. The van der Waals surface area contributed by atoms with Crippen molar-refractivity contribution < 1.29 is 0 Å². The highest BCUT2D eigenvalue weighted by atomic mass is 14.6. The molecule has 2 rings (SSSR count). The van der Waals surface area contributed by atoms with Crippen LogP contribution in [0.25, 0.3) is 0 Å². The summed E-state index contributed by atoms with van der Waals surface area (Å²) in [6.07, 6.45) is 5.48. The van der Waals surface area contributed by atoms with Crippen molar-refractivity contribution in [1.29, 1.82) is 0 Å². The number of anilines is 1. The Morgan fingerprint density at radius 1 is 1.50 bits per heavy atom. The zero-order valence-corrected chi connectivity index (χ0v) is 7.25. The van der Waals surface area contributed by atoms with Crippen molar-refractivity contribution in [3.8, 4) is 0 Å². The maximum absolute atomic E-state index is 5.86. The van der Waals surface area contributed by atoms with Crippen molar-refractivity contribution in [2.75, 3.05) is 5.73 Å². The molecule has 1 aromatic rings. The van der Waals surface area contributed by atoms with Crippen LogP contribution in [0.15, 0.2) is 30.4 Å². The molecule has 1 aliphatic carbocycles. The molecular formula is C11H13N. The van der Waals surface area contributed by atoms with Gasteiger partial charge >= 0.3 is 0 Å². The molecule has 0 saturated heterocycles. The lowest BCUT2D eigenvalue weighted by Gasteiger charge is -2.29. The summed E-state index contributed by atoms with van der Waals surface area (Å²) >= 11 is 0. The standard InChI is InChI=1S/C11H13N/c1-2-4-8-7-9-5-3-6-10(12)11(8)9/h2-6,8H,7,12H2,1H3/b4-2-. The molecule has 0 amide bonds. The zero-order valence-electron chi connectivity index (χ0n) is 7.25. The normalized spacial score (nSPS) is 20.6. The van der Waals surface area contributed by atoms with Gasteiger partial charge in [0.1, 0.15) is 0 Å². The van der Waals surface area contributed by atoms with Gasteiger partial charge in [0.05, 0.1) is 0 Å². The highest BCUT2D eigenvalue weighted by molar-refractivity contribution is 5.59. The van der Waals surface area contributed by atoms with Crippen LogP contribution in [0.5, 0.6) is 0 Å². The van der Waals surface area contributed by atoms with Gasteiger partial charge in [-0.3, -0.25) is 0 Å². The van der Waals surface area contributed by atoms with Crippen LogP contribution in [0.3, 0.4) is 0 Å². The topological polar surface area (TPSA) is 26.0 Å². The number of hydrogen-bond acceptors (Lipinski definition) is 1. The Bertz CT molecular complexity index is 312. The lowest BCUT2D eigenvalue weighted by molar-refractivity contribution is 0.735. The first-order chi connectivity index (χ1) is 5.83. The lowest BCUT2D eigenvalue weighted by Crippen LogP contribution is -2.17. The summed E-state index contributed by atoms with van der Waals surface area (Å²) in [4.78, 5) is 0. The van der Waals surface area contributed by atoms with Gasteiger partial charge in [-0.05, 0) is 30.5 Å². The van der Waals surface area contributed by atoms with E-state index in [1.54, 1.807) is 0 Å². The number of hydrogen-bond donors (Lipinski definition) is 1. The number of nitrogen functional groups attached to an aromatic ring is 1. The molecule has 1 atom stereocenters. The number of allylic oxidation sites excluding steroid dienone is 2. The predicted molar refractivity (Wildman–Crippen MR) is 52.1 cm³/mol. The van der Waals surface area contributed by atoms with E-state index in [0.717, 1.165) is 12.1 Å². The molecule has 0 saturated carbocycles. The van der Waals surface area contributed by atoms with Gasteiger partial charge in [0.2, 0.25) is 0 Å². The number of nitrogens with two attached hydrogens (primary N) is 1. The van der Waals surface area contributed by atoms with E-state index in [2.05, 4.69) is 25.1 Å². The SMILES string of the molecule is C/C=C\C1Cc2cccc(N)c21. The largest absolute Gasteiger partial charge is 0.398 e. The average molecular weight is 159 g/mol. The Morgan fingerprint density at radius 2 is 2.33 bits per heavy atom. The fourth-order valence-corrected chi connectivity index (χ4v) is 1.87. The molecule has 1 aliphatic rings. The quantitative estimate of drug-likeness (QED) is 0.494. The smallest absolute Gasteiger partial charge is 0.0355 e. The molecule has 0 fully saturated rings. The second kappa shape index (κ2) is 2.67. The van der Waals surface area contributed by atoms with Crippen LogP contribution >= 0.6 is 0 Å². The van der Waals surface area contributed by atoms with Crippen molar-refractivity contribution in [3.63, 3.8) is 0 Å². The van der Waals surface area contributed by atoms with Gasteiger partial charge in [-0.1, -0.05) is 24.3 Å². The van der Waals surface area contributed by atoms with Crippen LogP contribution in [0, 0.1) is 0 Å². The van der Waals surface area contributed by atoms with Gasteiger partial charge < -0.3 is 5.73 Å². The molecule has 0 heterocycles. The van der Waals surface area contributed by atoms with Crippen molar-refractivity contribution in [1.82, 2.24) is 0 Å². The Labute approximate surface area is 72.9 Å². The number of rotatable bonds is 1. The second-order valence-electron chi connectivity index (χ2n) is 3.26. The summed E-state index contributed by atoms with van der Waals surface area (Å²) in [5, 5.41) is 0. The number of benzene rings is 1. The highest BCUT2D eigenvalue weighted by Gasteiger charge is 2.25. The molecule has 62 valence electrons. The second-order valence-corrected chi connectivity index (χ2v) is 3.26. The van der Waals surface area contributed by atoms with Crippen LogP contribution in [0.4, 0.5) is 5.69 Å². The average Bonchev–Trinajstić information content (AvgIpc) is 2.00.